The average Bonchev–Trinajstić information content (AvgIpc) is 1.98. The number of nitrogens with one attached hydrogen (secondary N) is 1. The summed E-state index contributed by atoms with van der Waals surface area (Å²) in [7, 11) is 1.50. The van der Waals surface area contributed by atoms with Gasteiger partial charge in [-0.05, 0) is 12.8 Å². The predicted molar refractivity (Wildman–Crippen MR) is 41.3 cm³/mol. The van der Waals surface area contributed by atoms with E-state index >= 15 is 0 Å². The SMILES string of the molecule is CNOC(=O)CCCCC(=O)O. The molecule has 0 bridgehead atoms. The van der Waals surface area contributed by atoms with Crippen LogP contribution in [-0.4, -0.2) is 24.1 Å². The number of hydrogen-bond donors (Lipinski definition) is 2. The summed E-state index contributed by atoms with van der Waals surface area (Å²) in [6.45, 7) is 0. The standard InChI is InChI=1S/C7H13NO4/c1-8-12-7(11)5-3-2-4-6(9)10/h8H,2-5H2,1H3,(H,9,10). The van der Waals surface area contributed by atoms with E-state index in [1.54, 1.807) is 0 Å². The van der Waals surface area contributed by atoms with Crippen LogP contribution < -0.4 is 5.48 Å². The molecule has 0 saturated heterocycles. The van der Waals surface area contributed by atoms with E-state index in [0.29, 0.717) is 12.8 Å². The van der Waals surface area contributed by atoms with Crippen LogP contribution in [0.3, 0.4) is 0 Å². The van der Waals surface area contributed by atoms with Gasteiger partial charge in [-0.15, -0.1) is 0 Å². The lowest BCUT2D eigenvalue weighted by molar-refractivity contribution is -0.150. The minimum absolute atomic E-state index is 0.104. The molecule has 12 heavy (non-hydrogen) atoms. The molecule has 0 heterocycles. The molecule has 0 spiro atoms. The number of aliphatic carboxylic acids is 1. The first-order valence-electron chi connectivity index (χ1n) is 3.75. The Bertz CT molecular complexity index is 157. The molecule has 0 radical (unpaired) electrons. The van der Waals surface area contributed by atoms with Gasteiger partial charge in [0, 0.05) is 19.9 Å². The Labute approximate surface area is 70.7 Å². The number of carboxylic acids is 1. The number of hydroxylamine groups is 1. The lowest BCUT2D eigenvalue weighted by Gasteiger charge is -1.99. The molecule has 0 fully saturated rings. The van der Waals surface area contributed by atoms with Crippen molar-refractivity contribution in [3.8, 4) is 0 Å². The van der Waals surface area contributed by atoms with Gasteiger partial charge in [-0.25, -0.2) is 0 Å². The summed E-state index contributed by atoms with van der Waals surface area (Å²) in [5, 5.41) is 8.25. The molecule has 2 N–H and O–H groups in total. The van der Waals surface area contributed by atoms with E-state index in [1.165, 1.54) is 7.05 Å². The zero-order valence-electron chi connectivity index (χ0n) is 7.00. The number of unbranched alkanes of at least 4 members (excludes halogenated alkanes) is 1. The van der Waals surface area contributed by atoms with Crippen molar-refractivity contribution in [1.29, 1.82) is 0 Å². The van der Waals surface area contributed by atoms with Gasteiger partial charge in [-0.2, -0.15) is 5.48 Å². The molecule has 0 aromatic rings. The van der Waals surface area contributed by atoms with Gasteiger partial charge >= 0.3 is 11.9 Å². The fourth-order valence-corrected chi connectivity index (χ4v) is 0.710. The smallest absolute Gasteiger partial charge is 0.324 e. The van der Waals surface area contributed by atoms with Gasteiger partial charge < -0.3 is 9.94 Å². The third-order valence-corrected chi connectivity index (χ3v) is 1.24. The second kappa shape index (κ2) is 6.60. The van der Waals surface area contributed by atoms with Crippen molar-refractivity contribution in [2.75, 3.05) is 7.05 Å². The van der Waals surface area contributed by atoms with Gasteiger partial charge in [0.05, 0.1) is 0 Å². The Hall–Kier alpha value is -1.10. The normalized spacial score (nSPS) is 9.42. The van der Waals surface area contributed by atoms with Crippen LogP contribution in [0.25, 0.3) is 0 Å². The lowest BCUT2D eigenvalue weighted by atomic mass is 10.2. The van der Waals surface area contributed by atoms with Crippen molar-refractivity contribution in [1.82, 2.24) is 5.48 Å². The molecule has 0 atom stereocenters. The van der Waals surface area contributed by atoms with Crippen LogP contribution in [0, 0.1) is 0 Å². The molecular formula is C7H13NO4. The number of carbonyl (C=O) groups excluding carboxylic acids is 1. The van der Waals surface area contributed by atoms with E-state index < -0.39 is 5.97 Å². The molecule has 5 nitrogen and oxygen atoms in total. The van der Waals surface area contributed by atoms with E-state index in [-0.39, 0.29) is 18.8 Å². The third-order valence-electron chi connectivity index (χ3n) is 1.24. The number of carbonyl (C=O) groups is 2. The summed E-state index contributed by atoms with van der Waals surface area (Å²) >= 11 is 0. The highest BCUT2D eigenvalue weighted by molar-refractivity contribution is 5.69. The molecular weight excluding hydrogens is 162 g/mol. The van der Waals surface area contributed by atoms with Crippen molar-refractivity contribution >= 4 is 11.9 Å². The Morgan fingerprint density at radius 3 is 2.42 bits per heavy atom. The number of rotatable bonds is 6. The Balaban J connectivity index is 3.19. The second-order valence-electron chi connectivity index (χ2n) is 2.28. The largest absolute Gasteiger partial charge is 0.481 e. The van der Waals surface area contributed by atoms with Crippen LogP contribution in [0.4, 0.5) is 0 Å². The monoisotopic (exact) mass is 175 g/mol. The first-order valence-corrected chi connectivity index (χ1v) is 3.75. The molecule has 0 unspecified atom stereocenters. The molecule has 0 amide bonds. The summed E-state index contributed by atoms with van der Waals surface area (Å²) in [5.74, 6) is -1.19. The predicted octanol–water partition coefficient (Wildman–Crippen LogP) is 0.309. The van der Waals surface area contributed by atoms with E-state index in [1.807, 2.05) is 0 Å². The second-order valence-corrected chi connectivity index (χ2v) is 2.28. The molecule has 0 saturated carbocycles. The molecule has 0 aliphatic rings. The molecule has 70 valence electrons. The molecule has 5 heteroatoms. The van der Waals surface area contributed by atoms with Gasteiger partial charge in [0.1, 0.15) is 0 Å². The van der Waals surface area contributed by atoms with Crippen molar-refractivity contribution in [3.05, 3.63) is 0 Å². The molecule has 0 rings (SSSR count). The van der Waals surface area contributed by atoms with E-state index in [9.17, 15) is 9.59 Å². The fourth-order valence-electron chi connectivity index (χ4n) is 0.710. The molecule has 0 aromatic heterocycles. The highest BCUT2D eigenvalue weighted by Crippen LogP contribution is 2.00. The minimum atomic E-state index is -0.836. The number of carboxylic acid groups (broad SMARTS) is 1. The number of hydrogen-bond acceptors (Lipinski definition) is 4. The topological polar surface area (TPSA) is 75.6 Å². The molecule has 0 aliphatic carbocycles. The minimum Gasteiger partial charge on any atom is -0.481 e. The zero-order chi connectivity index (χ0) is 9.40. The molecule has 0 aliphatic heterocycles. The van der Waals surface area contributed by atoms with Crippen LogP contribution >= 0.6 is 0 Å². The van der Waals surface area contributed by atoms with Crippen molar-refractivity contribution in [2.24, 2.45) is 0 Å². The van der Waals surface area contributed by atoms with E-state index in [2.05, 4.69) is 10.3 Å². The summed E-state index contributed by atoms with van der Waals surface area (Å²) in [5.41, 5.74) is 2.25. The summed E-state index contributed by atoms with van der Waals surface area (Å²) in [6, 6.07) is 0. The summed E-state index contributed by atoms with van der Waals surface area (Å²) in [6.07, 6.45) is 1.42. The van der Waals surface area contributed by atoms with Gasteiger partial charge in [-0.3, -0.25) is 9.59 Å². The van der Waals surface area contributed by atoms with Crippen LogP contribution in [0.15, 0.2) is 0 Å². The third kappa shape index (κ3) is 7.01. The Morgan fingerprint density at radius 1 is 1.33 bits per heavy atom. The molecule has 0 aromatic carbocycles. The van der Waals surface area contributed by atoms with Crippen LogP contribution in [-0.2, 0) is 14.4 Å². The van der Waals surface area contributed by atoms with Gasteiger partial charge in [-0.1, -0.05) is 0 Å². The van der Waals surface area contributed by atoms with Crippen molar-refractivity contribution in [2.45, 2.75) is 25.7 Å². The Kier molecular flexibility index (Phi) is 6.00. The van der Waals surface area contributed by atoms with Crippen LogP contribution in [0.2, 0.25) is 0 Å². The van der Waals surface area contributed by atoms with Crippen molar-refractivity contribution < 1.29 is 19.5 Å². The maximum absolute atomic E-state index is 10.7. The van der Waals surface area contributed by atoms with Crippen LogP contribution in [0.5, 0.6) is 0 Å². The van der Waals surface area contributed by atoms with Gasteiger partial charge in [0.15, 0.2) is 0 Å². The highest BCUT2D eigenvalue weighted by atomic mass is 16.7. The first kappa shape index (κ1) is 10.9. The zero-order valence-corrected chi connectivity index (χ0v) is 7.00. The summed E-state index contributed by atoms with van der Waals surface area (Å²) in [4.78, 5) is 25.1. The van der Waals surface area contributed by atoms with Gasteiger partial charge in [0.25, 0.3) is 0 Å². The van der Waals surface area contributed by atoms with Crippen LogP contribution in [0.1, 0.15) is 25.7 Å². The Morgan fingerprint density at radius 2 is 1.92 bits per heavy atom. The van der Waals surface area contributed by atoms with Gasteiger partial charge in [0.2, 0.25) is 0 Å². The summed E-state index contributed by atoms with van der Waals surface area (Å²) < 4.78 is 0. The van der Waals surface area contributed by atoms with E-state index in [0.717, 1.165) is 0 Å². The first-order chi connectivity index (χ1) is 5.66. The highest BCUT2D eigenvalue weighted by Gasteiger charge is 2.02. The average molecular weight is 175 g/mol. The maximum atomic E-state index is 10.7. The quantitative estimate of drug-likeness (QED) is 0.449. The maximum Gasteiger partial charge on any atom is 0.324 e. The lowest BCUT2D eigenvalue weighted by Crippen LogP contribution is -2.14. The van der Waals surface area contributed by atoms with E-state index in [4.69, 9.17) is 5.11 Å². The van der Waals surface area contributed by atoms with Crippen molar-refractivity contribution in [3.63, 3.8) is 0 Å². The fraction of sp³-hybridized carbons (Fsp3) is 0.714.